The summed E-state index contributed by atoms with van der Waals surface area (Å²) in [6.45, 7) is 2.21. The van der Waals surface area contributed by atoms with Gasteiger partial charge in [0.15, 0.2) is 11.6 Å². The first-order valence-corrected chi connectivity index (χ1v) is 7.64. The molecule has 1 N–H and O–H groups in total. The van der Waals surface area contributed by atoms with Gasteiger partial charge in [0, 0.05) is 18.2 Å². The van der Waals surface area contributed by atoms with Crippen LogP contribution in [-0.2, 0) is 11.3 Å². The van der Waals surface area contributed by atoms with Gasteiger partial charge in [-0.2, -0.15) is 0 Å². The van der Waals surface area contributed by atoms with Crippen molar-refractivity contribution >= 4 is 16.9 Å². The predicted molar refractivity (Wildman–Crippen MR) is 79.2 cm³/mol. The molecule has 1 aromatic carbocycles. The van der Waals surface area contributed by atoms with E-state index in [1.165, 1.54) is 12.7 Å². The molecule has 1 aromatic heterocycles. The predicted octanol–water partition coefficient (Wildman–Crippen LogP) is 3.01. The van der Waals surface area contributed by atoms with Gasteiger partial charge in [0.1, 0.15) is 6.54 Å². The van der Waals surface area contributed by atoms with E-state index in [9.17, 15) is 13.6 Å². The molecule has 0 bridgehead atoms. The first kappa shape index (κ1) is 14.9. The number of halogens is 2. The van der Waals surface area contributed by atoms with Gasteiger partial charge in [-0.1, -0.05) is 19.8 Å². The summed E-state index contributed by atoms with van der Waals surface area (Å²) in [5.41, 5.74) is 0.767. The van der Waals surface area contributed by atoms with Crippen LogP contribution in [0, 0.1) is 17.6 Å². The Labute approximate surface area is 127 Å². The Balaban J connectivity index is 1.72. The molecular formula is C16H19F2N3O. The van der Waals surface area contributed by atoms with Crippen molar-refractivity contribution in [2.75, 3.05) is 0 Å². The lowest BCUT2D eigenvalue weighted by atomic mass is 9.86. The Morgan fingerprint density at radius 2 is 2.05 bits per heavy atom. The van der Waals surface area contributed by atoms with Crippen molar-refractivity contribution in [3.63, 3.8) is 0 Å². The lowest BCUT2D eigenvalue weighted by molar-refractivity contribution is -0.122. The van der Waals surface area contributed by atoms with Crippen LogP contribution in [0.2, 0.25) is 0 Å². The maximum absolute atomic E-state index is 13.4. The molecule has 6 heteroatoms. The molecule has 1 saturated carbocycles. The van der Waals surface area contributed by atoms with Crippen LogP contribution < -0.4 is 5.32 Å². The van der Waals surface area contributed by atoms with Gasteiger partial charge < -0.3 is 9.88 Å². The Morgan fingerprint density at radius 3 is 2.82 bits per heavy atom. The molecule has 118 valence electrons. The largest absolute Gasteiger partial charge is 0.352 e. The quantitative estimate of drug-likeness (QED) is 0.947. The fourth-order valence-corrected chi connectivity index (χ4v) is 3.12. The molecule has 0 aliphatic heterocycles. The molecule has 0 saturated heterocycles. The van der Waals surface area contributed by atoms with Crippen LogP contribution in [0.4, 0.5) is 8.78 Å². The van der Waals surface area contributed by atoms with Gasteiger partial charge in [0.25, 0.3) is 0 Å². The highest BCUT2D eigenvalue weighted by Crippen LogP contribution is 2.24. The van der Waals surface area contributed by atoms with E-state index in [-0.39, 0.29) is 18.5 Å². The number of hydrogen-bond acceptors (Lipinski definition) is 2. The molecule has 4 nitrogen and oxygen atoms in total. The number of nitrogens with one attached hydrogen (secondary N) is 1. The second-order valence-corrected chi connectivity index (χ2v) is 6.06. The zero-order valence-electron chi connectivity index (χ0n) is 12.5. The first-order valence-electron chi connectivity index (χ1n) is 7.64. The van der Waals surface area contributed by atoms with Crippen molar-refractivity contribution < 1.29 is 13.6 Å². The van der Waals surface area contributed by atoms with Crippen molar-refractivity contribution in [2.24, 2.45) is 5.92 Å². The smallest absolute Gasteiger partial charge is 0.240 e. The summed E-state index contributed by atoms with van der Waals surface area (Å²) in [7, 11) is 0. The lowest BCUT2D eigenvalue weighted by Gasteiger charge is -2.29. The van der Waals surface area contributed by atoms with Gasteiger partial charge in [-0.3, -0.25) is 4.79 Å². The summed E-state index contributed by atoms with van der Waals surface area (Å²) in [6, 6.07) is 2.32. The minimum absolute atomic E-state index is 0.0603. The molecule has 1 heterocycles. The van der Waals surface area contributed by atoms with Crippen molar-refractivity contribution in [1.82, 2.24) is 14.9 Å². The zero-order chi connectivity index (χ0) is 15.7. The second kappa shape index (κ2) is 6.02. The molecule has 2 atom stereocenters. The summed E-state index contributed by atoms with van der Waals surface area (Å²) in [4.78, 5) is 16.2. The SMILES string of the molecule is C[C@H]1CCCC[C@H]1NC(=O)Cn1cnc2cc(F)c(F)cc21. The van der Waals surface area contributed by atoms with E-state index in [1.54, 1.807) is 4.57 Å². The zero-order valence-corrected chi connectivity index (χ0v) is 12.5. The van der Waals surface area contributed by atoms with Gasteiger partial charge in [0.05, 0.1) is 17.4 Å². The molecule has 1 aliphatic rings. The molecule has 0 spiro atoms. The van der Waals surface area contributed by atoms with E-state index in [0.29, 0.717) is 17.0 Å². The summed E-state index contributed by atoms with van der Waals surface area (Å²) in [5, 5.41) is 3.04. The van der Waals surface area contributed by atoms with Crippen molar-refractivity contribution in [3.05, 3.63) is 30.1 Å². The normalized spacial score (nSPS) is 22.0. The molecule has 2 aromatic rings. The van der Waals surface area contributed by atoms with Gasteiger partial charge in [-0.05, 0) is 18.8 Å². The number of imidazole rings is 1. The standard InChI is InChI=1S/C16H19F2N3O/c1-10-4-2-3-5-13(10)20-16(22)8-21-9-19-14-6-11(17)12(18)7-15(14)21/h6-7,9-10,13H,2-5,8H2,1H3,(H,20,22)/t10-,13+/m0/s1. The number of amides is 1. The lowest BCUT2D eigenvalue weighted by Crippen LogP contribution is -2.42. The van der Waals surface area contributed by atoms with Gasteiger partial charge in [-0.15, -0.1) is 0 Å². The van der Waals surface area contributed by atoms with Crippen LogP contribution in [0.15, 0.2) is 18.5 Å². The third-order valence-electron chi connectivity index (χ3n) is 4.43. The highest BCUT2D eigenvalue weighted by molar-refractivity contribution is 5.80. The fourth-order valence-electron chi connectivity index (χ4n) is 3.12. The average Bonchev–Trinajstić information content (AvgIpc) is 2.84. The number of benzene rings is 1. The van der Waals surface area contributed by atoms with Crippen LogP contribution >= 0.6 is 0 Å². The van der Waals surface area contributed by atoms with Crippen LogP contribution in [0.1, 0.15) is 32.6 Å². The summed E-state index contributed by atoms with van der Waals surface area (Å²) < 4.78 is 28.1. The van der Waals surface area contributed by atoms with Gasteiger partial charge >= 0.3 is 0 Å². The number of fused-ring (bicyclic) bond motifs is 1. The monoisotopic (exact) mass is 307 g/mol. The number of carbonyl (C=O) groups excluding carboxylic acids is 1. The highest BCUT2D eigenvalue weighted by atomic mass is 19.2. The van der Waals surface area contributed by atoms with Crippen molar-refractivity contribution in [2.45, 2.75) is 45.2 Å². The summed E-state index contributed by atoms with van der Waals surface area (Å²) in [6.07, 6.45) is 5.91. The van der Waals surface area contributed by atoms with Crippen molar-refractivity contribution in [1.29, 1.82) is 0 Å². The van der Waals surface area contributed by atoms with E-state index in [1.807, 2.05) is 0 Å². The van der Waals surface area contributed by atoms with E-state index >= 15 is 0 Å². The maximum atomic E-state index is 13.4. The van der Waals surface area contributed by atoms with E-state index in [4.69, 9.17) is 0 Å². The van der Waals surface area contributed by atoms with E-state index in [2.05, 4.69) is 17.2 Å². The molecule has 1 fully saturated rings. The molecule has 0 radical (unpaired) electrons. The highest BCUT2D eigenvalue weighted by Gasteiger charge is 2.23. The Morgan fingerprint density at radius 1 is 1.32 bits per heavy atom. The Kier molecular flexibility index (Phi) is 4.09. The average molecular weight is 307 g/mol. The summed E-state index contributed by atoms with van der Waals surface area (Å²) in [5.74, 6) is -1.51. The molecular weight excluding hydrogens is 288 g/mol. The molecule has 1 amide bonds. The van der Waals surface area contributed by atoms with Crippen molar-refractivity contribution in [3.8, 4) is 0 Å². The molecule has 0 unspecified atom stereocenters. The number of nitrogens with zero attached hydrogens (tertiary/aromatic N) is 2. The second-order valence-electron chi connectivity index (χ2n) is 6.06. The van der Waals surface area contributed by atoms with Crippen LogP contribution in [0.5, 0.6) is 0 Å². The van der Waals surface area contributed by atoms with Gasteiger partial charge in [0.2, 0.25) is 5.91 Å². The third-order valence-corrected chi connectivity index (χ3v) is 4.43. The molecule has 3 rings (SSSR count). The van der Waals surface area contributed by atoms with Crippen LogP contribution in [0.25, 0.3) is 11.0 Å². The molecule has 1 aliphatic carbocycles. The fraction of sp³-hybridized carbons (Fsp3) is 0.500. The molecule has 22 heavy (non-hydrogen) atoms. The minimum atomic E-state index is -0.935. The Hall–Kier alpha value is -1.98. The van der Waals surface area contributed by atoms with Crippen LogP contribution in [0.3, 0.4) is 0 Å². The summed E-state index contributed by atoms with van der Waals surface area (Å²) >= 11 is 0. The Bertz CT molecular complexity index is 698. The van der Waals surface area contributed by atoms with Gasteiger partial charge in [-0.25, -0.2) is 13.8 Å². The maximum Gasteiger partial charge on any atom is 0.240 e. The van der Waals surface area contributed by atoms with Crippen LogP contribution in [-0.4, -0.2) is 21.5 Å². The first-order chi connectivity index (χ1) is 10.5. The number of aromatic nitrogens is 2. The van der Waals surface area contributed by atoms with E-state index in [0.717, 1.165) is 31.4 Å². The number of hydrogen-bond donors (Lipinski definition) is 1. The minimum Gasteiger partial charge on any atom is -0.352 e. The van der Waals surface area contributed by atoms with E-state index < -0.39 is 11.6 Å². The third kappa shape index (κ3) is 2.96. The number of rotatable bonds is 3. The number of carbonyl (C=O) groups is 1. The topological polar surface area (TPSA) is 46.9 Å².